The molecule has 5 rings (SSSR count). The first-order valence-corrected chi connectivity index (χ1v) is 18.8. The van der Waals surface area contributed by atoms with Crippen molar-refractivity contribution in [3.63, 3.8) is 0 Å². The van der Waals surface area contributed by atoms with Crippen LogP contribution in [-0.2, 0) is 25.9 Å². The molecule has 220 valence electrons. The number of para-hydroxylation sites is 1. The number of nitrogens with zero attached hydrogens (tertiary/aromatic N) is 2. The molecule has 0 fully saturated rings. The van der Waals surface area contributed by atoms with Gasteiger partial charge in [-0.05, 0) is 54.9 Å². The quantitative estimate of drug-likeness (QED) is 0.192. The Morgan fingerprint density at radius 2 is 1.52 bits per heavy atom. The predicted molar refractivity (Wildman–Crippen MR) is 171 cm³/mol. The van der Waals surface area contributed by atoms with Gasteiger partial charge in [0.05, 0.1) is 34.8 Å². The topological polar surface area (TPSA) is 68.6 Å². The highest BCUT2D eigenvalue weighted by atomic mass is 32.2. The molecule has 8 heteroatoms. The molecule has 0 bridgehead atoms. The normalized spacial score (nSPS) is 17.1. The van der Waals surface area contributed by atoms with E-state index in [2.05, 4.69) is 57.8 Å². The van der Waals surface area contributed by atoms with E-state index in [-0.39, 0.29) is 34.8 Å². The number of ketones is 1. The van der Waals surface area contributed by atoms with Crippen LogP contribution in [0.5, 0.6) is 0 Å². The fourth-order valence-corrected chi connectivity index (χ4v) is 7.95. The molecule has 4 aromatic rings. The van der Waals surface area contributed by atoms with Gasteiger partial charge in [-0.15, -0.1) is 0 Å². The lowest BCUT2D eigenvalue weighted by Crippen LogP contribution is -2.40. The number of carbonyl (C=O) groups is 1. The molecule has 2 atom stereocenters. The molecule has 6 nitrogen and oxygen atoms in total. The highest BCUT2D eigenvalue weighted by Gasteiger charge is 2.40. The molecule has 1 aliphatic rings. The summed E-state index contributed by atoms with van der Waals surface area (Å²) in [5, 5.41) is 0.791. The molecule has 1 aliphatic heterocycles. The summed E-state index contributed by atoms with van der Waals surface area (Å²) in [7, 11) is -6.23. The summed E-state index contributed by atoms with van der Waals surface area (Å²) < 4.78 is 37.3. The molecule has 0 amide bonds. The maximum atomic E-state index is 14.5. The van der Waals surface area contributed by atoms with Crippen molar-refractivity contribution in [1.82, 2.24) is 8.87 Å². The third-order valence-corrected chi connectivity index (χ3v) is 15.1. The van der Waals surface area contributed by atoms with Crippen LogP contribution in [0, 0.1) is 0 Å². The highest BCUT2D eigenvalue weighted by Crippen LogP contribution is 2.44. The van der Waals surface area contributed by atoms with Gasteiger partial charge in [-0.3, -0.25) is 4.79 Å². The van der Waals surface area contributed by atoms with Gasteiger partial charge < -0.3 is 9.33 Å². The van der Waals surface area contributed by atoms with Crippen LogP contribution >= 0.6 is 0 Å². The van der Waals surface area contributed by atoms with Gasteiger partial charge in [-0.1, -0.05) is 87.5 Å². The first kappa shape index (κ1) is 30.0. The molecule has 0 saturated carbocycles. The number of hydrogen-bond acceptors (Lipinski definition) is 5. The molecule has 0 N–H and O–H groups in total. The van der Waals surface area contributed by atoms with Crippen molar-refractivity contribution in [2.75, 3.05) is 0 Å². The molecule has 0 spiro atoms. The fourth-order valence-electron chi connectivity index (χ4n) is 5.39. The number of fused-ring (bicyclic) bond motifs is 1. The average molecular weight is 601 g/mol. The van der Waals surface area contributed by atoms with E-state index >= 15 is 0 Å². The number of aromatic nitrogens is 1. The Hall–Kier alpha value is -3.46. The van der Waals surface area contributed by atoms with Crippen molar-refractivity contribution in [2.45, 2.75) is 75.8 Å². The molecule has 1 aromatic heterocycles. The summed E-state index contributed by atoms with van der Waals surface area (Å²) in [6.45, 7) is 13.3. The Balaban J connectivity index is 1.79. The van der Waals surface area contributed by atoms with Gasteiger partial charge in [0.1, 0.15) is 0 Å². The van der Waals surface area contributed by atoms with E-state index in [1.165, 1.54) is 3.97 Å². The molecule has 0 unspecified atom stereocenters. The Morgan fingerprint density at radius 1 is 0.929 bits per heavy atom. The van der Waals surface area contributed by atoms with E-state index in [9.17, 15) is 13.2 Å². The van der Waals surface area contributed by atoms with Crippen molar-refractivity contribution >= 4 is 35.0 Å². The molecular formula is C34H40N2O4SSi. The Morgan fingerprint density at radius 3 is 2.17 bits per heavy atom. The van der Waals surface area contributed by atoms with Gasteiger partial charge >= 0.3 is 0 Å². The predicted octanol–water partition coefficient (Wildman–Crippen LogP) is 7.99. The summed E-state index contributed by atoms with van der Waals surface area (Å²) in [5.74, 6) is -0.0401. The fraction of sp³-hybridized carbons (Fsp3) is 0.324. The monoisotopic (exact) mass is 600 g/mol. The van der Waals surface area contributed by atoms with E-state index in [1.54, 1.807) is 36.4 Å². The van der Waals surface area contributed by atoms with E-state index in [0.29, 0.717) is 11.2 Å². The molecule has 2 heterocycles. The van der Waals surface area contributed by atoms with Gasteiger partial charge in [0.2, 0.25) is 0 Å². The largest absolute Gasteiger partial charge is 0.412 e. The van der Waals surface area contributed by atoms with E-state index in [0.717, 1.165) is 16.5 Å². The lowest BCUT2D eigenvalue weighted by atomic mass is 9.95. The van der Waals surface area contributed by atoms with Crippen LogP contribution in [0.4, 0.5) is 0 Å². The Kier molecular flexibility index (Phi) is 8.09. The zero-order valence-corrected chi connectivity index (χ0v) is 27.1. The zero-order chi connectivity index (χ0) is 30.3. The van der Waals surface area contributed by atoms with Crippen LogP contribution in [0.25, 0.3) is 10.9 Å². The standard InChI is InChI=1S/C34H40N2O4SSi/c1-25(26-15-9-7-10-16-26)35-22-21-27(37)23-32(35)33-30(24-40-42(5,6)34(2,3)4)29-19-13-14-20-31(29)36(33)41(38,39)28-17-11-8-12-18-28/h7-22,25,32H,23-24H2,1-6H3/t25-,32+/m0/s1. The van der Waals surface area contributed by atoms with Gasteiger partial charge in [0, 0.05) is 23.6 Å². The maximum absolute atomic E-state index is 14.5. The lowest BCUT2D eigenvalue weighted by molar-refractivity contribution is -0.116. The van der Waals surface area contributed by atoms with Crippen molar-refractivity contribution < 1.29 is 17.6 Å². The third kappa shape index (κ3) is 5.51. The summed E-state index contributed by atoms with van der Waals surface area (Å²) in [4.78, 5) is 15.4. The van der Waals surface area contributed by atoms with Gasteiger partial charge in [0.15, 0.2) is 14.1 Å². The molecule has 3 aromatic carbocycles. The average Bonchev–Trinajstić information content (AvgIpc) is 3.31. The van der Waals surface area contributed by atoms with E-state index < -0.39 is 24.4 Å². The number of allylic oxidation sites excluding steroid dienone is 1. The number of carbonyl (C=O) groups excluding carboxylic acids is 1. The molecule has 0 saturated heterocycles. The maximum Gasteiger partial charge on any atom is 0.268 e. The van der Waals surface area contributed by atoms with Crippen LogP contribution in [-0.4, -0.2) is 31.4 Å². The first-order valence-electron chi connectivity index (χ1n) is 14.4. The summed E-state index contributed by atoms with van der Waals surface area (Å²) in [6.07, 6.45) is 3.58. The van der Waals surface area contributed by atoms with Gasteiger partial charge in [-0.25, -0.2) is 12.4 Å². The molecule has 0 radical (unpaired) electrons. The zero-order valence-electron chi connectivity index (χ0n) is 25.2. The molecule has 42 heavy (non-hydrogen) atoms. The minimum Gasteiger partial charge on any atom is -0.412 e. The minimum absolute atomic E-state index is 0.0287. The number of benzene rings is 3. The van der Waals surface area contributed by atoms with Crippen LogP contribution in [0.2, 0.25) is 18.1 Å². The van der Waals surface area contributed by atoms with Crippen LogP contribution in [0.15, 0.2) is 102 Å². The summed E-state index contributed by atoms with van der Waals surface area (Å²) >= 11 is 0. The highest BCUT2D eigenvalue weighted by molar-refractivity contribution is 7.90. The van der Waals surface area contributed by atoms with Crippen molar-refractivity contribution in [2.24, 2.45) is 0 Å². The summed E-state index contributed by atoms with van der Waals surface area (Å²) in [6, 6.07) is 25.6. The SMILES string of the molecule is C[C@@H](c1ccccc1)N1C=CC(=O)C[C@@H]1c1c(CO[Si](C)(C)C(C)(C)C)c2ccccc2n1S(=O)(=O)c1ccccc1. The second-order valence-electron chi connectivity index (χ2n) is 12.5. The van der Waals surface area contributed by atoms with E-state index in [1.807, 2.05) is 48.7 Å². The van der Waals surface area contributed by atoms with Crippen molar-refractivity contribution in [3.05, 3.63) is 114 Å². The van der Waals surface area contributed by atoms with E-state index in [4.69, 9.17) is 4.43 Å². The third-order valence-electron chi connectivity index (χ3n) is 8.87. The Bertz CT molecular complexity index is 1720. The number of rotatable bonds is 8. The minimum atomic E-state index is -4.03. The van der Waals surface area contributed by atoms with Crippen LogP contribution in [0.3, 0.4) is 0 Å². The first-order chi connectivity index (χ1) is 19.8. The van der Waals surface area contributed by atoms with Crippen molar-refractivity contribution in [1.29, 1.82) is 0 Å². The van der Waals surface area contributed by atoms with Crippen LogP contribution in [0.1, 0.15) is 63.0 Å². The Labute approximate surface area is 250 Å². The van der Waals surface area contributed by atoms with Crippen molar-refractivity contribution in [3.8, 4) is 0 Å². The van der Waals surface area contributed by atoms with Gasteiger partial charge in [-0.2, -0.15) is 0 Å². The summed E-state index contributed by atoms with van der Waals surface area (Å²) in [5.41, 5.74) is 3.06. The second-order valence-corrected chi connectivity index (χ2v) is 19.1. The lowest BCUT2D eigenvalue weighted by Gasteiger charge is -2.39. The number of hydrogen-bond donors (Lipinski definition) is 0. The smallest absolute Gasteiger partial charge is 0.268 e. The van der Waals surface area contributed by atoms with Crippen LogP contribution < -0.4 is 0 Å². The molecular weight excluding hydrogens is 561 g/mol. The van der Waals surface area contributed by atoms with Gasteiger partial charge in [0.25, 0.3) is 10.0 Å². The molecule has 0 aliphatic carbocycles. The second kappa shape index (κ2) is 11.3.